The molecule has 1 N–H and O–H groups in total. The lowest BCUT2D eigenvalue weighted by Gasteiger charge is -2.34. The highest BCUT2D eigenvalue weighted by atomic mass is 16.3. The van der Waals surface area contributed by atoms with Gasteiger partial charge in [-0.05, 0) is 18.1 Å². The Balaban J connectivity index is 1.65. The molecule has 2 amide bonds. The number of carbonyl (C=O) groups excluding carboxylic acids is 2. The highest BCUT2D eigenvalue weighted by Gasteiger charge is 2.23. The molecule has 0 unspecified atom stereocenters. The fourth-order valence-corrected chi connectivity index (χ4v) is 2.53. The molecule has 1 fully saturated rings. The first-order valence-corrected chi connectivity index (χ1v) is 7.88. The number of furan rings is 1. The van der Waals surface area contributed by atoms with E-state index in [0.29, 0.717) is 37.7 Å². The van der Waals surface area contributed by atoms with Crippen LogP contribution in [0.25, 0.3) is 0 Å². The first-order chi connectivity index (χ1) is 10.6. The standard InChI is InChI=1S/C16H25N3O3/c1-13(2)12-15(20)17-5-6-18-7-9-19(10-8-18)16(21)14-4-3-11-22-14/h3-4,11,13H,5-10,12H2,1-2H3,(H,17,20). The van der Waals surface area contributed by atoms with Crippen LogP contribution in [0, 0.1) is 5.92 Å². The number of piperazine rings is 1. The zero-order valence-electron chi connectivity index (χ0n) is 13.4. The van der Waals surface area contributed by atoms with Crippen LogP contribution in [0.4, 0.5) is 0 Å². The second-order valence-electron chi connectivity index (χ2n) is 6.06. The number of nitrogens with one attached hydrogen (secondary N) is 1. The highest BCUT2D eigenvalue weighted by Crippen LogP contribution is 2.09. The molecule has 1 saturated heterocycles. The van der Waals surface area contributed by atoms with Crippen LogP contribution in [-0.2, 0) is 4.79 Å². The fourth-order valence-electron chi connectivity index (χ4n) is 2.53. The van der Waals surface area contributed by atoms with Gasteiger partial charge in [-0.3, -0.25) is 14.5 Å². The highest BCUT2D eigenvalue weighted by molar-refractivity contribution is 5.91. The Hall–Kier alpha value is -1.82. The summed E-state index contributed by atoms with van der Waals surface area (Å²) in [5, 5.41) is 2.94. The molecule has 0 radical (unpaired) electrons. The van der Waals surface area contributed by atoms with Gasteiger partial charge >= 0.3 is 0 Å². The molecule has 1 aromatic heterocycles. The van der Waals surface area contributed by atoms with E-state index in [1.165, 1.54) is 6.26 Å². The van der Waals surface area contributed by atoms with Crippen molar-refractivity contribution in [3.05, 3.63) is 24.2 Å². The van der Waals surface area contributed by atoms with E-state index in [1.807, 2.05) is 18.7 Å². The monoisotopic (exact) mass is 307 g/mol. The number of hydrogen-bond acceptors (Lipinski definition) is 4. The van der Waals surface area contributed by atoms with Gasteiger partial charge in [-0.2, -0.15) is 0 Å². The van der Waals surface area contributed by atoms with Crippen molar-refractivity contribution in [1.82, 2.24) is 15.1 Å². The van der Waals surface area contributed by atoms with Gasteiger partial charge in [0.05, 0.1) is 6.26 Å². The molecule has 0 bridgehead atoms. The van der Waals surface area contributed by atoms with Gasteiger partial charge in [-0.15, -0.1) is 0 Å². The quantitative estimate of drug-likeness (QED) is 0.857. The Morgan fingerprint density at radius 2 is 2.00 bits per heavy atom. The third-order valence-corrected chi connectivity index (χ3v) is 3.74. The molecule has 1 aromatic rings. The molecule has 0 aliphatic carbocycles. The van der Waals surface area contributed by atoms with E-state index in [-0.39, 0.29) is 11.8 Å². The zero-order chi connectivity index (χ0) is 15.9. The smallest absolute Gasteiger partial charge is 0.289 e. The molecule has 0 spiro atoms. The maximum absolute atomic E-state index is 12.1. The summed E-state index contributed by atoms with van der Waals surface area (Å²) < 4.78 is 5.15. The van der Waals surface area contributed by atoms with E-state index in [9.17, 15) is 9.59 Å². The second-order valence-corrected chi connectivity index (χ2v) is 6.06. The fraction of sp³-hybridized carbons (Fsp3) is 0.625. The molecule has 6 nitrogen and oxygen atoms in total. The van der Waals surface area contributed by atoms with Crippen molar-refractivity contribution in [2.45, 2.75) is 20.3 Å². The molecular weight excluding hydrogens is 282 g/mol. The predicted octanol–water partition coefficient (Wildman–Crippen LogP) is 1.20. The van der Waals surface area contributed by atoms with Crippen molar-refractivity contribution in [3.63, 3.8) is 0 Å². The van der Waals surface area contributed by atoms with Crippen molar-refractivity contribution in [3.8, 4) is 0 Å². The molecular formula is C16H25N3O3. The second kappa shape index (κ2) is 7.98. The predicted molar refractivity (Wildman–Crippen MR) is 83.5 cm³/mol. The van der Waals surface area contributed by atoms with E-state index >= 15 is 0 Å². The average molecular weight is 307 g/mol. The van der Waals surface area contributed by atoms with Crippen LogP contribution in [0.2, 0.25) is 0 Å². The van der Waals surface area contributed by atoms with Crippen molar-refractivity contribution in [2.24, 2.45) is 5.92 Å². The van der Waals surface area contributed by atoms with Crippen LogP contribution in [0.5, 0.6) is 0 Å². The Kier molecular flexibility index (Phi) is 6.00. The minimum Gasteiger partial charge on any atom is -0.459 e. The number of rotatable bonds is 6. The van der Waals surface area contributed by atoms with Gasteiger partial charge < -0.3 is 14.6 Å². The number of nitrogens with zero attached hydrogens (tertiary/aromatic N) is 2. The third kappa shape index (κ3) is 4.87. The third-order valence-electron chi connectivity index (χ3n) is 3.74. The van der Waals surface area contributed by atoms with Gasteiger partial charge in [0.2, 0.25) is 5.91 Å². The molecule has 1 aliphatic rings. The molecule has 2 rings (SSSR count). The Morgan fingerprint density at radius 3 is 2.59 bits per heavy atom. The van der Waals surface area contributed by atoms with Gasteiger partial charge in [0, 0.05) is 45.7 Å². The summed E-state index contributed by atoms with van der Waals surface area (Å²) >= 11 is 0. The summed E-state index contributed by atoms with van der Waals surface area (Å²) in [4.78, 5) is 27.8. The van der Waals surface area contributed by atoms with Gasteiger partial charge in [0.1, 0.15) is 0 Å². The molecule has 6 heteroatoms. The summed E-state index contributed by atoms with van der Waals surface area (Å²) in [6.45, 7) is 8.60. The number of carbonyl (C=O) groups is 2. The van der Waals surface area contributed by atoms with E-state index in [1.54, 1.807) is 12.1 Å². The summed E-state index contributed by atoms with van der Waals surface area (Å²) in [5.74, 6) is 0.849. The SMILES string of the molecule is CC(C)CC(=O)NCCN1CCN(C(=O)c2ccco2)CC1. The van der Waals surface area contributed by atoms with Gasteiger partial charge in [-0.25, -0.2) is 0 Å². The Bertz CT molecular complexity index is 477. The van der Waals surface area contributed by atoms with E-state index in [0.717, 1.165) is 19.6 Å². The summed E-state index contributed by atoms with van der Waals surface area (Å²) in [5.41, 5.74) is 0. The Morgan fingerprint density at radius 1 is 1.27 bits per heavy atom. The van der Waals surface area contributed by atoms with Gasteiger partial charge in [-0.1, -0.05) is 13.8 Å². The van der Waals surface area contributed by atoms with Crippen molar-refractivity contribution in [2.75, 3.05) is 39.3 Å². The lowest BCUT2D eigenvalue weighted by atomic mass is 10.1. The minimum atomic E-state index is -0.0464. The molecule has 0 aromatic carbocycles. The zero-order valence-corrected chi connectivity index (χ0v) is 13.4. The van der Waals surface area contributed by atoms with Crippen LogP contribution in [0.15, 0.2) is 22.8 Å². The Labute approximate surface area is 131 Å². The van der Waals surface area contributed by atoms with Crippen molar-refractivity contribution < 1.29 is 14.0 Å². The molecule has 1 aliphatic heterocycles. The first-order valence-electron chi connectivity index (χ1n) is 7.88. The van der Waals surface area contributed by atoms with Crippen molar-refractivity contribution >= 4 is 11.8 Å². The first kappa shape index (κ1) is 16.5. The van der Waals surface area contributed by atoms with Crippen LogP contribution in [-0.4, -0.2) is 60.9 Å². The minimum absolute atomic E-state index is 0.0464. The molecule has 122 valence electrons. The number of amides is 2. The number of hydrogen-bond donors (Lipinski definition) is 1. The lowest BCUT2D eigenvalue weighted by Crippen LogP contribution is -2.50. The summed E-state index contributed by atoms with van der Waals surface area (Å²) in [6, 6.07) is 3.42. The summed E-state index contributed by atoms with van der Waals surface area (Å²) in [6.07, 6.45) is 2.09. The van der Waals surface area contributed by atoms with E-state index < -0.39 is 0 Å². The largest absolute Gasteiger partial charge is 0.459 e. The van der Waals surface area contributed by atoms with Crippen LogP contribution < -0.4 is 5.32 Å². The normalized spacial score (nSPS) is 16.0. The van der Waals surface area contributed by atoms with Crippen LogP contribution in [0.1, 0.15) is 30.8 Å². The molecule has 0 saturated carbocycles. The van der Waals surface area contributed by atoms with Crippen LogP contribution in [0.3, 0.4) is 0 Å². The van der Waals surface area contributed by atoms with Gasteiger partial charge in [0.25, 0.3) is 5.91 Å². The maximum Gasteiger partial charge on any atom is 0.289 e. The molecule has 2 heterocycles. The summed E-state index contributed by atoms with van der Waals surface area (Å²) in [7, 11) is 0. The van der Waals surface area contributed by atoms with E-state index in [4.69, 9.17) is 4.42 Å². The molecule has 0 atom stereocenters. The van der Waals surface area contributed by atoms with Crippen LogP contribution >= 0.6 is 0 Å². The van der Waals surface area contributed by atoms with E-state index in [2.05, 4.69) is 10.2 Å². The topological polar surface area (TPSA) is 65.8 Å². The lowest BCUT2D eigenvalue weighted by molar-refractivity contribution is -0.121. The van der Waals surface area contributed by atoms with Crippen molar-refractivity contribution in [1.29, 1.82) is 0 Å². The van der Waals surface area contributed by atoms with Gasteiger partial charge in [0.15, 0.2) is 5.76 Å². The maximum atomic E-state index is 12.1. The molecule has 22 heavy (non-hydrogen) atoms. The average Bonchev–Trinajstić information content (AvgIpc) is 3.00.